The summed E-state index contributed by atoms with van der Waals surface area (Å²) in [6.07, 6.45) is 4.46. The third kappa shape index (κ3) is 4.76. The number of benzene rings is 2. The molecule has 0 atom stereocenters. The van der Waals surface area contributed by atoms with E-state index < -0.39 is 0 Å². The number of carbonyl (C=O) groups is 2. The number of rotatable bonds is 6. The van der Waals surface area contributed by atoms with Gasteiger partial charge >= 0.3 is 6.09 Å². The van der Waals surface area contributed by atoms with Crippen LogP contribution in [-0.2, 0) is 21.5 Å². The Morgan fingerprint density at radius 3 is 2.26 bits per heavy atom. The number of aldehydes is 1. The van der Waals surface area contributed by atoms with Crippen LogP contribution in [-0.4, -0.2) is 30.4 Å². The molecular weight excluding hydrogens is 338 g/mol. The van der Waals surface area contributed by atoms with Crippen molar-refractivity contribution in [3.05, 3.63) is 71.8 Å². The Bertz CT molecular complexity index is 737. The van der Waals surface area contributed by atoms with E-state index in [1.807, 2.05) is 48.5 Å². The standard InChI is InChI=1S/C23H27NO3/c1-24(18-19-8-4-2-5-9-19)22(26)27-21-12-14-23(15-13-21,16-17-25)20-10-6-3-7-11-20/h2-11,17,21H,12-16,18H2,1H3. The van der Waals surface area contributed by atoms with Crippen LogP contribution < -0.4 is 0 Å². The number of hydrogen-bond acceptors (Lipinski definition) is 3. The van der Waals surface area contributed by atoms with Gasteiger partial charge in [0.15, 0.2) is 0 Å². The third-order valence-electron chi connectivity index (χ3n) is 5.59. The van der Waals surface area contributed by atoms with Crippen LogP contribution in [0.3, 0.4) is 0 Å². The van der Waals surface area contributed by atoms with E-state index in [4.69, 9.17) is 4.74 Å². The summed E-state index contributed by atoms with van der Waals surface area (Å²) in [5.74, 6) is 0. The topological polar surface area (TPSA) is 46.6 Å². The normalized spacial score (nSPS) is 22.0. The minimum absolute atomic E-state index is 0.0841. The van der Waals surface area contributed by atoms with Crippen molar-refractivity contribution in [3.63, 3.8) is 0 Å². The summed E-state index contributed by atoms with van der Waals surface area (Å²) < 4.78 is 5.73. The van der Waals surface area contributed by atoms with Crippen molar-refractivity contribution >= 4 is 12.4 Å². The number of carbonyl (C=O) groups excluding carboxylic acids is 2. The van der Waals surface area contributed by atoms with E-state index in [1.54, 1.807) is 11.9 Å². The van der Waals surface area contributed by atoms with E-state index in [2.05, 4.69) is 12.1 Å². The molecule has 1 saturated carbocycles. The molecule has 1 aliphatic carbocycles. The Labute approximate surface area is 161 Å². The van der Waals surface area contributed by atoms with Crippen LogP contribution in [0.4, 0.5) is 4.79 Å². The maximum Gasteiger partial charge on any atom is 0.410 e. The molecule has 0 spiro atoms. The van der Waals surface area contributed by atoms with Gasteiger partial charge in [-0.15, -0.1) is 0 Å². The Hall–Kier alpha value is -2.62. The van der Waals surface area contributed by atoms with Crippen molar-refractivity contribution < 1.29 is 14.3 Å². The zero-order valence-electron chi connectivity index (χ0n) is 15.8. The molecule has 0 saturated heterocycles. The first-order valence-electron chi connectivity index (χ1n) is 9.58. The van der Waals surface area contributed by atoms with Crippen LogP contribution in [0.2, 0.25) is 0 Å². The summed E-state index contributed by atoms with van der Waals surface area (Å²) in [6, 6.07) is 20.1. The molecule has 4 heteroatoms. The van der Waals surface area contributed by atoms with Gasteiger partial charge in [-0.2, -0.15) is 0 Å². The molecule has 0 N–H and O–H groups in total. The fraction of sp³-hybridized carbons (Fsp3) is 0.391. The van der Waals surface area contributed by atoms with Crippen LogP contribution in [0, 0.1) is 0 Å². The average molecular weight is 365 g/mol. The first kappa shape index (κ1) is 19.2. The van der Waals surface area contributed by atoms with Gasteiger partial charge in [-0.25, -0.2) is 4.79 Å². The van der Waals surface area contributed by atoms with E-state index in [0.29, 0.717) is 13.0 Å². The molecule has 0 aliphatic heterocycles. The summed E-state index contributed by atoms with van der Waals surface area (Å²) in [7, 11) is 1.76. The summed E-state index contributed by atoms with van der Waals surface area (Å²) in [6.45, 7) is 0.533. The van der Waals surface area contributed by atoms with Gasteiger partial charge in [-0.3, -0.25) is 0 Å². The Morgan fingerprint density at radius 1 is 1.07 bits per heavy atom. The predicted octanol–water partition coefficient (Wildman–Crippen LogP) is 4.72. The van der Waals surface area contributed by atoms with Gasteiger partial charge in [0.1, 0.15) is 12.4 Å². The van der Waals surface area contributed by atoms with Crippen LogP contribution in [0.1, 0.15) is 43.2 Å². The van der Waals surface area contributed by atoms with Gasteiger partial charge in [-0.05, 0) is 36.8 Å². The summed E-state index contributed by atoms with van der Waals surface area (Å²) in [5.41, 5.74) is 2.17. The number of ether oxygens (including phenoxy) is 1. The van der Waals surface area contributed by atoms with Crippen molar-refractivity contribution in [2.24, 2.45) is 0 Å². The molecule has 0 bridgehead atoms. The third-order valence-corrected chi connectivity index (χ3v) is 5.59. The maximum atomic E-state index is 12.4. The lowest BCUT2D eigenvalue weighted by Crippen LogP contribution is -2.38. The highest BCUT2D eigenvalue weighted by molar-refractivity contribution is 5.67. The molecule has 3 rings (SSSR count). The molecule has 2 aromatic rings. The van der Waals surface area contributed by atoms with E-state index in [9.17, 15) is 9.59 Å². The Kier molecular flexibility index (Phi) is 6.28. The molecule has 1 aliphatic rings. The average Bonchev–Trinajstić information content (AvgIpc) is 2.71. The molecule has 1 fully saturated rings. The summed E-state index contributed by atoms with van der Waals surface area (Å²) in [5, 5.41) is 0. The predicted molar refractivity (Wildman–Crippen MR) is 105 cm³/mol. The Balaban J connectivity index is 1.56. The van der Waals surface area contributed by atoms with Gasteiger partial charge in [0, 0.05) is 25.4 Å². The number of hydrogen-bond donors (Lipinski definition) is 0. The van der Waals surface area contributed by atoms with Crippen molar-refractivity contribution in [2.75, 3.05) is 7.05 Å². The fourth-order valence-electron chi connectivity index (χ4n) is 3.98. The number of amides is 1. The van der Waals surface area contributed by atoms with Gasteiger partial charge < -0.3 is 14.4 Å². The smallest absolute Gasteiger partial charge is 0.410 e. The second-order valence-corrected chi connectivity index (χ2v) is 7.44. The zero-order chi connectivity index (χ0) is 19.1. The van der Waals surface area contributed by atoms with Crippen LogP contribution in [0.25, 0.3) is 0 Å². The monoisotopic (exact) mass is 365 g/mol. The van der Waals surface area contributed by atoms with E-state index in [1.165, 1.54) is 5.56 Å². The molecule has 1 amide bonds. The molecule has 142 valence electrons. The molecular formula is C23H27NO3. The first-order valence-corrected chi connectivity index (χ1v) is 9.58. The van der Waals surface area contributed by atoms with E-state index in [0.717, 1.165) is 37.5 Å². The highest BCUT2D eigenvalue weighted by Gasteiger charge is 2.37. The molecule has 27 heavy (non-hydrogen) atoms. The lowest BCUT2D eigenvalue weighted by Gasteiger charge is -2.39. The van der Waals surface area contributed by atoms with Crippen molar-refractivity contribution in [2.45, 2.75) is 50.2 Å². The van der Waals surface area contributed by atoms with Gasteiger partial charge in [0.25, 0.3) is 0 Å². The second kappa shape index (κ2) is 8.85. The van der Waals surface area contributed by atoms with Crippen LogP contribution in [0.5, 0.6) is 0 Å². The van der Waals surface area contributed by atoms with Crippen molar-refractivity contribution in [1.29, 1.82) is 0 Å². The molecule has 0 unspecified atom stereocenters. The van der Waals surface area contributed by atoms with Crippen molar-refractivity contribution in [3.8, 4) is 0 Å². The van der Waals surface area contributed by atoms with Gasteiger partial charge in [0.2, 0.25) is 0 Å². The highest BCUT2D eigenvalue weighted by atomic mass is 16.6. The van der Waals surface area contributed by atoms with E-state index in [-0.39, 0.29) is 17.6 Å². The van der Waals surface area contributed by atoms with Gasteiger partial charge in [-0.1, -0.05) is 60.7 Å². The zero-order valence-corrected chi connectivity index (χ0v) is 15.8. The fourth-order valence-corrected chi connectivity index (χ4v) is 3.98. The van der Waals surface area contributed by atoms with Crippen LogP contribution >= 0.6 is 0 Å². The summed E-state index contributed by atoms with van der Waals surface area (Å²) >= 11 is 0. The minimum atomic E-state index is -0.286. The lowest BCUT2D eigenvalue weighted by atomic mass is 9.67. The molecule has 0 aromatic heterocycles. The Morgan fingerprint density at radius 2 is 1.67 bits per heavy atom. The van der Waals surface area contributed by atoms with Crippen molar-refractivity contribution in [1.82, 2.24) is 4.90 Å². The second-order valence-electron chi connectivity index (χ2n) is 7.44. The van der Waals surface area contributed by atoms with Crippen LogP contribution in [0.15, 0.2) is 60.7 Å². The summed E-state index contributed by atoms with van der Waals surface area (Å²) in [4.78, 5) is 25.3. The molecule has 0 heterocycles. The lowest BCUT2D eigenvalue weighted by molar-refractivity contribution is -0.109. The number of nitrogens with zero attached hydrogens (tertiary/aromatic N) is 1. The highest BCUT2D eigenvalue weighted by Crippen LogP contribution is 2.42. The SMILES string of the molecule is CN(Cc1ccccc1)C(=O)OC1CCC(CC=O)(c2ccccc2)CC1. The quantitative estimate of drug-likeness (QED) is 0.696. The largest absolute Gasteiger partial charge is 0.446 e. The molecule has 2 aromatic carbocycles. The molecule has 4 nitrogen and oxygen atoms in total. The first-order chi connectivity index (χ1) is 13.1. The molecule has 0 radical (unpaired) electrons. The van der Waals surface area contributed by atoms with E-state index >= 15 is 0 Å². The minimum Gasteiger partial charge on any atom is -0.446 e. The van der Waals surface area contributed by atoms with Gasteiger partial charge in [0.05, 0.1) is 0 Å². The maximum absolute atomic E-state index is 12.4.